The first-order valence-electron chi connectivity index (χ1n) is 28.0. The number of benzene rings is 4. The third kappa shape index (κ3) is 15.3. The van der Waals surface area contributed by atoms with E-state index in [1.165, 1.54) is 204 Å². The summed E-state index contributed by atoms with van der Waals surface area (Å²) < 4.78 is 0. The standard InChI is InChI=1S/2C10H12.C9H17N.C9H10.C8H13NO.C8H15N.C8H9N/c2*1-2-6-10-8-4-3-7-9(10)5-1;1-3-7-10-8-4-2-6-9(10)5-1;1-2-5-9-7-3-6-8(9)4-1;10-8-5-4-7-3-1-2-6-9(7)8;1-2-6-9-7-3-5-8(9)4-1;1-2-4-8-7(3-1)5-6-9-8/h2*1-2,5-6H,3-4,7-8H2;9H,1-8H2;1-2,4-5H,3,6-7H2;7H,1-6H2;8H,1-7H2;1-4,9H,5-6H2. The molecule has 7 aliphatic heterocycles. The molecule has 0 bridgehead atoms. The molecule has 5 nitrogen and oxygen atoms in total. The topological polar surface area (TPSA) is 38.8 Å². The number of rotatable bonds is 0. The minimum atomic E-state index is 0.393. The first-order valence-corrected chi connectivity index (χ1v) is 28.0. The molecule has 4 aromatic carbocycles. The van der Waals surface area contributed by atoms with Gasteiger partial charge in [-0.2, -0.15) is 0 Å². The number of hydrogen-bond donors (Lipinski definition) is 1. The third-order valence-corrected chi connectivity index (χ3v) is 16.6. The molecule has 4 aromatic rings. The van der Waals surface area contributed by atoms with E-state index in [0.29, 0.717) is 11.9 Å². The molecular formula is C62H88N4O. The molecule has 0 saturated carbocycles. The molecule has 2 atom stereocenters. The Balaban J connectivity index is 0.000000106. The van der Waals surface area contributed by atoms with Gasteiger partial charge >= 0.3 is 0 Å². The number of carbonyl (C=O) groups excluding carboxylic acids is 1. The second kappa shape index (κ2) is 27.3. The van der Waals surface area contributed by atoms with Crippen LogP contribution in [0, 0.1) is 0 Å². The zero-order valence-corrected chi connectivity index (χ0v) is 41.8. The molecule has 1 amide bonds. The van der Waals surface area contributed by atoms with Crippen LogP contribution in [0.25, 0.3) is 0 Å². The van der Waals surface area contributed by atoms with Crippen LogP contribution in [0.4, 0.5) is 5.69 Å². The van der Waals surface area contributed by atoms with Crippen molar-refractivity contribution < 1.29 is 4.79 Å². The van der Waals surface area contributed by atoms with Crippen molar-refractivity contribution in [3.8, 4) is 0 Å². The smallest absolute Gasteiger partial charge is 0.222 e. The molecule has 1 N–H and O–H groups in total. The molecular weight excluding hydrogens is 817 g/mol. The molecule has 0 spiro atoms. The van der Waals surface area contributed by atoms with Gasteiger partial charge in [0, 0.05) is 43.3 Å². The van der Waals surface area contributed by atoms with Gasteiger partial charge in [0.25, 0.3) is 0 Å². The number of amides is 1. The maximum Gasteiger partial charge on any atom is 0.222 e. The van der Waals surface area contributed by atoms with Crippen LogP contribution in [-0.4, -0.2) is 78.0 Å². The van der Waals surface area contributed by atoms with Crippen molar-refractivity contribution in [2.24, 2.45) is 0 Å². The number of nitrogens with one attached hydrogen (secondary N) is 1. The van der Waals surface area contributed by atoms with E-state index in [2.05, 4.69) is 117 Å². The first kappa shape index (κ1) is 49.5. The van der Waals surface area contributed by atoms with Crippen molar-refractivity contribution in [1.82, 2.24) is 14.7 Å². The van der Waals surface area contributed by atoms with Crippen molar-refractivity contribution in [3.63, 3.8) is 0 Å². The summed E-state index contributed by atoms with van der Waals surface area (Å²) in [5, 5.41) is 3.30. The lowest BCUT2D eigenvalue weighted by molar-refractivity contribution is -0.129. The van der Waals surface area contributed by atoms with E-state index in [0.717, 1.165) is 38.0 Å². The summed E-state index contributed by atoms with van der Waals surface area (Å²) in [4.78, 5) is 18.6. The Morgan fingerprint density at radius 2 is 0.701 bits per heavy atom. The molecule has 6 saturated heterocycles. The van der Waals surface area contributed by atoms with Crippen LogP contribution in [0.15, 0.2) is 97.1 Å². The summed E-state index contributed by atoms with van der Waals surface area (Å²) in [6.07, 6.45) is 37.9. The molecule has 10 aliphatic rings. The van der Waals surface area contributed by atoms with E-state index < -0.39 is 0 Å². The van der Waals surface area contributed by atoms with E-state index in [1.54, 1.807) is 33.4 Å². The van der Waals surface area contributed by atoms with Crippen molar-refractivity contribution in [3.05, 3.63) is 136 Å². The minimum absolute atomic E-state index is 0.393. The number of fused-ring (bicyclic) bond motifs is 7. The number of nitrogens with zero attached hydrogens (tertiary/aromatic N) is 3. The van der Waals surface area contributed by atoms with Gasteiger partial charge in [0.1, 0.15) is 0 Å². The zero-order valence-electron chi connectivity index (χ0n) is 41.8. The average Bonchev–Trinajstić information content (AvgIpc) is 4.26. The summed E-state index contributed by atoms with van der Waals surface area (Å²) in [6.45, 7) is 7.72. The second-order valence-electron chi connectivity index (χ2n) is 21.2. The van der Waals surface area contributed by atoms with Gasteiger partial charge in [0.15, 0.2) is 0 Å². The highest BCUT2D eigenvalue weighted by atomic mass is 16.2. The summed E-state index contributed by atoms with van der Waals surface area (Å²) in [5.41, 5.74) is 12.2. The summed E-state index contributed by atoms with van der Waals surface area (Å²) in [7, 11) is 0. The lowest BCUT2D eigenvalue weighted by Gasteiger charge is -2.39. The number of carbonyl (C=O) groups is 1. The van der Waals surface area contributed by atoms with Crippen LogP contribution in [0.2, 0.25) is 0 Å². The predicted molar refractivity (Wildman–Crippen MR) is 283 cm³/mol. The highest BCUT2D eigenvalue weighted by molar-refractivity contribution is 5.78. The summed E-state index contributed by atoms with van der Waals surface area (Å²) in [5.74, 6) is 0.393. The Labute approximate surface area is 407 Å². The van der Waals surface area contributed by atoms with Gasteiger partial charge in [0.2, 0.25) is 5.91 Å². The highest BCUT2D eigenvalue weighted by Gasteiger charge is 2.32. The molecule has 5 heteroatoms. The lowest BCUT2D eigenvalue weighted by Crippen LogP contribution is -2.42. The fourth-order valence-corrected chi connectivity index (χ4v) is 12.8. The largest absolute Gasteiger partial charge is 0.384 e. The average molecular weight is 905 g/mol. The molecule has 67 heavy (non-hydrogen) atoms. The zero-order chi connectivity index (χ0) is 45.7. The van der Waals surface area contributed by atoms with E-state index in [4.69, 9.17) is 0 Å². The number of para-hydroxylation sites is 1. The molecule has 0 aromatic heterocycles. The van der Waals surface area contributed by atoms with Gasteiger partial charge in [-0.25, -0.2) is 0 Å². The van der Waals surface area contributed by atoms with Crippen molar-refractivity contribution in [2.45, 2.75) is 198 Å². The third-order valence-electron chi connectivity index (χ3n) is 16.6. The van der Waals surface area contributed by atoms with Crippen LogP contribution < -0.4 is 5.32 Å². The van der Waals surface area contributed by atoms with Crippen LogP contribution in [0.1, 0.15) is 174 Å². The van der Waals surface area contributed by atoms with Crippen molar-refractivity contribution >= 4 is 11.6 Å². The van der Waals surface area contributed by atoms with Gasteiger partial charge in [-0.3, -0.25) is 4.79 Å². The molecule has 3 aliphatic carbocycles. The van der Waals surface area contributed by atoms with E-state index >= 15 is 0 Å². The summed E-state index contributed by atoms with van der Waals surface area (Å²) in [6, 6.07) is 37.4. The molecule has 2 unspecified atom stereocenters. The molecule has 0 radical (unpaired) electrons. The SMILES string of the molecule is C1CCN2CCCC2C1.C1CCN2CCCCC2C1.O=C1CCC2CCCCN12.c1ccc2c(c1)CCC2.c1ccc2c(c1)CCCC2.c1ccc2c(c1)CCCC2.c1ccc2c(c1)CCN2. The Bertz CT molecular complexity index is 1830. The fourth-order valence-electron chi connectivity index (χ4n) is 12.8. The quantitative estimate of drug-likeness (QED) is 0.191. The number of aryl methyl sites for hydroxylation is 6. The Morgan fingerprint density at radius 3 is 1.13 bits per heavy atom. The second-order valence-corrected chi connectivity index (χ2v) is 21.2. The van der Waals surface area contributed by atoms with Gasteiger partial charge in [0.05, 0.1) is 0 Å². The predicted octanol–water partition coefficient (Wildman–Crippen LogP) is 13.8. The fraction of sp³-hybridized carbons (Fsp3) is 0.597. The number of piperidine rings is 4. The van der Waals surface area contributed by atoms with Crippen LogP contribution in [-0.2, 0) is 49.7 Å². The van der Waals surface area contributed by atoms with Crippen molar-refractivity contribution in [2.75, 3.05) is 44.6 Å². The van der Waals surface area contributed by atoms with Crippen LogP contribution >= 0.6 is 0 Å². The van der Waals surface area contributed by atoms with Gasteiger partial charge in [-0.15, -0.1) is 0 Å². The monoisotopic (exact) mass is 905 g/mol. The lowest BCUT2D eigenvalue weighted by atomic mass is 9.92. The van der Waals surface area contributed by atoms with Gasteiger partial charge in [-0.1, -0.05) is 110 Å². The normalized spacial score (nSPS) is 23.2. The molecule has 7 heterocycles. The van der Waals surface area contributed by atoms with Gasteiger partial charge in [-0.05, 0) is 225 Å². The first-order chi connectivity index (χ1) is 33.2. The van der Waals surface area contributed by atoms with E-state index in [1.807, 2.05) is 0 Å². The summed E-state index contributed by atoms with van der Waals surface area (Å²) >= 11 is 0. The van der Waals surface area contributed by atoms with E-state index in [9.17, 15) is 4.79 Å². The maximum absolute atomic E-state index is 11.1. The van der Waals surface area contributed by atoms with Crippen molar-refractivity contribution in [1.29, 1.82) is 0 Å². The Morgan fingerprint density at radius 1 is 0.328 bits per heavy atom. The van der Waals surface area contributed by atoms with E-state index in [-0.39, 0.29) is 0 Å². The Kier molecular flexibility index (Phi) is 20.2. The number of anilines is 1. The molecule has 362 valence electrons. The molecule has 14 rings (SSSR count). The highest BCUT2D eigenvalue weighted by Crippen LogP contribution is 2.29. The number of hydrogen-bond acceptors (Lipinski definition) is 4. The van der Waals surface area contributed by atoms with Gasteiger partial charge < -0.3 is 20.0 Å². The Hall–Kier alpha value is -3.93. The maximum atomic E-state index is 11.1. The molecule has 6 fully saturated rings. The van der Waals surface area contributed by atoms with Crippen LogP contribution in [0.3, 0.4) is 0 Å². The minimum Gasteiger partial charge on any atom is -0.384 e. The van der Waals surface area contributed by atoms with Crippen LogP contribution in [0.5, 0.6) is 0 Å².